The minimum atomic E-state index is 0.502. The largest absolute Gasteiger partial charge is 0.354 e. The molecule has 1 atom stereocenters. The van der Waals surface area contributed by atoms with Gasteiger partial charge in [-0.2, -0.15) is 0 Å². The number of rotatable bonds is 4. The van der Waals surface area contributed by atoms with E-state index in [1.165, 1.54) is 36.2 Å². The van der Waals surface area contributed by atoms with E-state index >= 15 is 0 Å². The van der Waals surface area contributed by atoms with Gasteiger partial charge in [0.1, 0.15) is 5.82 Å². The number of piperidine rings is 1. The van der Waals surface area contributed by atoms with E-state index in [4.69, 9.17) is 4.98 Å². The summed E-state index contributed by atoms with van der Waals surface area (Å²) in [6.07, 6.45) is 3.92. The van der Waals surface area contributed by atoms with Crippen molar-refractivity contribution in [3.05, 3.63) is 22.9 Å². The van der Waals surface area contributed by atoms with Crippen LogP contribution in [0.5, 0.6) is 0 Å². The zero-order chi connectivity index (χ0) is 14.7. The maximum Gasteiger partial charge on any atom is 0.133 e. The normalized spacial score (nSPS) is 19.7. The molecule has 1 fully saturated rings. The van der Waals surface area contributed by atoms with Crippen molar-refractivity contribution in [3.63, 3.8) is 0 Å². The summed E-state index contributed by atoms with van der Waals surface area (Å²) in [4.78, 5) is 7.39. The van der Waals surface area contributed by atoms with Crippen LogP contribution < -0.4 is 10.2 Å². The molecule has 0 aliphatic carbocycles. The first-order valence-corrected chi connectivity index (χ1v) is 7.96. The van der Waals surface area contributed by atoms with E-state index in [0.717, 1.165) is 18.8 Å². The molecule has 1 N–H and O–H groups in total. The number of aromatic nitrogens is 1. The summed E-state index contributed by atoms with van der Waals surface area (Å²) in [6, 6.07) is 3.31. The molecule has 2 rings (SSSR count). The lowest BCUT2D eigenvalue weighted by atomic mass is 10.0. The van der Waals surface area contributed by atoms with Crippen LogP contribution in [-0.4, -0.2) is 23.6 Å². The molecule has 1 saturated heterocycles. The molecule has 1 aliphatic heterocycles. The van der Waals surface area contributed by atoms with Crippen LogP contribution >= 0.6 is 0 Å². The monoisotopic (exact) mass is 275 g/mol. The highest BCUT2D eigenvalue weighted by atomic mass is 15.2. The second-order valence-corrected chi connectivity index (χ2v) is 6.46. The molecule has 2 heterocycles. The number of nitrogens with one attached hydrogen (secondary N) is 1. The van der Waals surface area contributed by atoms with Crippen LogP contribution in [0.15, 0.2) is 6.07 Å². The average Bonchev–Trinajstić information content (AvgIpc) is 2.37. The Labute approximate surface area is 123 Å². The lowest BCUT2D eigenvalue weighted by Gasteiger charge is -2.36. The molecule has 1 unspecified atom stereocenters. The number of hydrogen-bond acceptors (Lipinski definition) is 3. The minimum Gasteiger partial charge on any atom is -0.354 e. The molecule has 20 heavy (non-hydrogen) atoms. The average molecular weight is 275 g/mol. The Morgan fingerprint density at radius 3 is 2.75 bits per heavy atom. The highest BCUT2D eigenvalue weighted by molar-refractivity contribution is 5.52. The second kappa shape index (κ2) is 6.57. The van der Waals surface area contributed by atoms with E-state index in [0.29, 0.717) is 12.1 Å². The van der Waals surface area contributed by atoms with E-state index in [-0.39, 0.29) is 0 Å². The molecular weight excluding hydrogens is 246 g/mol. The van der Waals surface area contributed by atoms with Gasteiger partial charge in [0.2, 0.25) is 0 Å². The van der Waals surface area contributed by atoms with Crippen molar-refractivity contribution in [3.8, 4) is 0 Å². The van der Waals surface area contributed by atoms with Gasteiger partial charge in [0.25, 0.3) is 0 Å². The molecule has 1 aromatic rings. The topological polar surface area (TPSA) is 28.2 Å². The maximum absolute atomic E-state index is 4.87. The highest BCUT2D eigenvalue weighted by Crippen LogP contribution is 2.28. The Morgan fingerprint density at radius 2 is 2.10 bits per heavy atom. The third-order valence-corrected chi connectivity index (χ3v) is 4.22. The number of hydrogen-bond donors (Lipinski definition) is 1. The van der Waals surface area contributed by atoms with Gasteiger partial charge in [-0.3, -0.25) is 0 Å². The molecule has 3 heteroatoms. The third-order valence-electron chi connectivity index (χ3n) is 4.22. The van der Waals surface area contributed by atoms with E-state index in [9.17, 15) is 0 Å². The number of anilines is 1. The van der Waals surface area contributed by atoms with E-state index < -0.39 is 0 Å². The summed E-state index contributed by atoms with van der Waals surface area (Å²) in [5.74, 6) is 1.21. The van der Waals surface area contributed by atoms with Crippen molar-refractivity contribution >= 4 is 5.82 Å². The summed E-state index contributed by atoms with van der Waals surface area (Å²) in [5, 5.41) is 3.55. The van der Waals surface area contributed by atoms with E-state index in [1.807, 2.05) is 0 Å². The SMILES string of the molecule is Cc1cc(C)c(CNC(C)C)c(N2CCCCC2C)n1. The molecule has 1 aliphatic rings. The van der Waals surface area contributed by atoms with Crippen molar-refractivity contribution in [1.29, 1.82) is 0 Å². The minimum absolute atomic E-state index is 0.502. The van der Waals surface area contributed by atoms with Crippen LogP contribution in [-0.2, 0) is 6.54 Å². The van der Waals surface area contributed by atoms with Gasteiger partial charge < -0.3 is 10.2 Å². The molecule has 1 aromatic heterocycles. The summed E-state index contributed by atoms with van der Waals surface area (Å²) in [6.45, 7) is 13.1. The van der Waals surface area contributed by atoms with Gasteiger partial charge in [-0.1, -0.05) is 13.8 Å². The summed E-state index contributed by atoms with van der Waals surface area (Å²) in [5.41, 5.74) is 3.86. The number of aryl methyl sites for hydroxylation is 2. The Balaban J connectivity index is 2.33. The first-order chi connectivity index (χ1) is 9.49. The van der Waals surface area contributed by atoms with Gasteiger partial charge >= 0.3 is 0 Å². The van der Waals surface area contributed by atoms with Crippen LogP contribution in [0.3, 0.4) is 0 Å². The highest BCUT2D eigenvalue weighted by Gasteiger charge is 2.23. The third kappa shape index (κ3) is 3.51. The molecule has 112 valence electrons. The van der Waals surface area contributed by atoms with Gasteiger partial charge in [-0.25, -0.2) is 4.98 Å². The van der Waals surface area contributed by atoms with Gasteiger partial charge in [0.15, 0.2) is 0 Å². The number of pyridine rings is 1. The first-order valence-electron chi connectivity index (χ1n) is 7.96. The van der Waals surface area contributed by atoms with Crippen molar-refractivity contribution in [2.24, 2.45) is 0 Å². The molecule has 0 saturated carbocycles. The van der Waals surface area contributed by atoms with Gasteiger partial charge in [0.05, 0.1) is 0 Å². The number of nitrogens with zero attached hydrogens (tertiary/aromatic N) is 2. The fourth-order valence-electron chi connectivity index (χ4n) is 3.02. The lowest BCUT2D eigenvalue weighted by molar-refractivity contribution is 0.478. The zero-order valence-corrected chi connectivity index (χ0v) is 13.7. The fraction of sp³-hybridized carbons (Fsp3) is 0.706. The maximum atomic E-state index is 4.87. The molecule has 3 nitrogen and oxygen atoms in total. The Hall–Kier alpha value is -1.09. The molecule has 0 bridgehead atoms. The van der Waals surface area contributed by atoms with Crippen LogP contribution in [0.1, 0.15) is 56.9 Å². The first kappa shape index (κ1) is 15.3. The van der Waals surface area contributed by atoms with Gasteiger partial charge in [-0.15, -0.1) is 0 Å². The second-order valence-electron chi connectivity index (χ2n) is 6.46. The summed E-state index contributed by atoms with van der Waals surface area (Å²) in [7, 11) is 0. The molecule has 0 spiro atoms. The van der Waals surface area contributed by atoms with Gasteiger partial charge in [-0.05, 0) is 51.7 Å². The summed E-state index contributed by atoms with van der Waals surface area (Å²) >= 11 is 0. The van der Waals surface area contributed by atoms with Crippen molar-refractivity contribution < 1.29 is 0 Å². The Kier molecular flexibility index (Phi) is 5.03. The zero-order valence-electron chi connectivity index (χ0n) is 13.7. The molecule has 0 radical (unpaired) electrons. The van der Waals surface area contributed by atoms with Gasteiger partial charge in [0, 0.05) is 36.4 Å². The molecule has 0 amide bonds. The lowest BCUT2D eigenvalue weighted by Crippen LogP contribution is -2.39. The predicted molar refractivity (Wildman–Crippen MR) is 86.3 cm³/mol. The molecule has 0 aromatic carbocycles. The predicted octanol–water partition coefficient (Wildman–Crippen LogP) is 3.58. The Bertz CT molecular complexity index is 454. The van der Waals surface area contributed by atoms with Crippen LogP contribution in [0, 0.1) is 13.8 Å². The van der Waals surface area contributed by atoms with E-state index in [1.54, 1.807) is 0 Å². The molecular formula is C17H29N3. The van der Waals surface area contributed by atoms with Crippen molar-refractivity contribution in [1.82, 2.24) is 10.3 Å². The van der Waals surface area contributed by atoms with Crippen LogP contribution in [0.25, 0.3) is 0 Å². The standard InChI is InChI=1S/C17H29N3/c1-12(2)18-11-16-13(3)10-14(4)19-17(16)20-9-7-6-8-15(20)5/h10,12,15,18H,6-9,11H2,1-5H3. The Morgan fingerprint density at radius 1 is 1.35 bits per heavy atom. The van der Waals surface area contributed by atoms with Crippen molar-refractivity contribution in [2.45, 2.75) is 72.5 Å². The van der Waals surface area contributed by atoms with Crippen LogP contribution in [0.2, 0.25) is 0 Å². The van der Waals surface area contributed by atoms with Crippen LogP contribution in [0.4, 0.5) is 5.82 Å². The fourth-order valence-corrected chi connectivity index (χ4v) is 3.02. The quantitative estimate of drug-likeness (QED) is 0.910. The summed E-state index contributed by atoms with van der Waals surface area (Å²) < 4.78 is 0. The smallest absolute Gasteiger partial charge is 0.133 e. The van der Waals surface area contributed by atoms with E-state index in [2.05, 4.69) is 50.9 Å². The van der Waals surface area contributed by atoms with Crippen molar-refractivity contribution in [2.75, 3.05) is 11.4 Å².